The first-order valence-corrected chi connectivity index (χ1v) is 7.83. The molecule has 0 unspecified atom stereocenters. The van der Waals surface area contributed by atoms with Gasteiger partial charge in [0.2, 0.25) is 0 Å². The Bertz CT molecular complexity index is 1030. The van der Waals surface area contributed by atoms with E-state index in [1.807, 2.05) is 0 Å². The van der Waals surface area contributed by atoms with E-state index in [1.54, 1.807) is 0 Å². The first-order chi connectivity index (χ1) is 13.2. The number of nitrogens with one attached hydrogen (secondary N) is 1. The molecular formula is C19H13F4LiN2O3. The van der Waals surface area contributed by atoms with Crippen molar-refractivity contribution < 1.29 is 52.5 Å². The van der Waals surface area contributed by atoms with Gasteiger partial charge in [0, 0.05) is 6.20 Å². The summed E-state index contributed by atoms with van der Waals surface area (Å²) >= 11 is 0. The first kappa shape index (κ1) is 22.3. The van der Waals surface area contributed by atoms with Gasteiger partial charge in [-0.2, -0.15) is 0 Å². The normalized spacial score (nSPS) is 10.8. The first-order valence-electron chi connectivity index (χ1n) is 7.83. The summed E-state index contributed by atoms with van der Waals surface area (Å²) in [7, 11) is 0. The number of carbonyl (C=O) groups is 1. The molecule has 0 bridgehead atoms. The molecular weight excluding hydrogens is 387 g/mol. The average molecular weight is 400 g/mol. The standard InChI is InChI=1S/C19H12F4N2O3.Li.H/c20-15-9-12(11-2-1-3-13(8-11)28-19(21,22)23)4-5-16(15)25-17-10-24-7-6-14(17)18(26)27;;/h1-10,25H,(H,26,27);;/q;+1;-1. The van der Waals surface area contributed by atoms with Crippen LogP contribution in [0.4, 0.5) is 28.9 Å². The molecule has 0 saturated heterocycles. The number of alkyl halides is 3. The Hall–Kier alpha value is -3.02. The number of benzene rings is 2. The number of rotatable bonds is 5. The largest absolute Gasteiger partial charge is 1.00 e. The fourth-order valence-electron chi connectivity index (χ4n) is 2.49. The van der Waals surface area contributed by atoms with E-state index in [9.17, 15) is 22.4 Å². The van der Waals surface area contributed by atoms with Crippen LogP contribution in [0.5, 0.6) is 5.75 Å². The Balaban J connectivity index is 0.00000225. The van der Waals surface area contributed by atoms with E-state index >= 15 is 0 Å². The number of anilines is 2. The maximum atomic E-state index is 14.5. The fraction of sp³-hybridized carbons (Fsp3) is 0.0526. The second-order valence-electron chi connectivity index (χ2n) is 5.62. The van der Waals surface area contributed by atoms with Crippen LogP contribution in [-0.4, -0.2) is 22.4 Å². The van der Waals surface area contributed by atoms with Crippen LogP contribution in [0.2, 0.25) is 0 Å². The number of carboxylic acid groups (broad SMARTS) is 1. The Morgan fingerprint density at radius 1 is 1.07 bits per heavy atom. The zero-order chi connectivity index (χ0) is 20.3. The van der Waals surface area contributed by atoms with Crippen molar-refractivity contribution in [2.24, 2.45) is 0 Å². The molecule has 10 heteroatoms. The van der Waals surface area contributed by atoms with Gasteiger partial charge in [0.1, 0.15) is 11.6 Å². The molecule has 2 aromatic carbocycles. The number of pyridine rings is 1. The van der Waals surface area contributed by atoms with E-state index in [-0.39, 0.29) is 37.2 Å². The summed E-state index contributed by atoms with van der Waals surface area (Å²) in [5.41, 5.74) is 0.639. The Morgan fingerprint density at radius 2 is 1.79 bits per heavy atom. The predicted octanol–water partition coefficient (Wildman–Crippen LogP) is 2.34. The Labute approximate surface area is 176 Å². The maximum Gasteiger partial charge on any atom is 1.00 e. The van der Waals surface area contributed by atoms with E-state index in [0.29, 0.717) is 11.1 Å². The van der Waals surface area contributed by atoms with Crippen LogP contribution in [0.25, 0.3) is 11.1 Å². The van der Waals surface area contributed by atoms with Gasteiger partial charge in [-0.25, -0.2) is 9.18 Å². The monoisotopic (exact) mass is 400 g/mol. The summed E-state index contributed by atoms with van der Waals surface area (Å²) in [5.74, 6) is -2.35. The average Bonchev–Trinajstić information content (AvgIpc) is 2.62. The van der Waals surface area contributed by atoms with Crippen molar-refractivity contribution in [3.63, 3.8) is 0 Å². The van der Waals surface area contributed by atoms with Gasteiger partial charge in [-0.3, -0.25) is 4.98 Å². The topological polar surface area (TPSA) is 71.5 Å². The number of aromatic carboxylic acids is 1. The quantitative estimate of drug-likeness (QED) is 0.508. The molecule has 3 aromatic rings. The minimum Gasteiger partial charge on any atom is -1.00 e. The Morgan fingerprint density at radius 3 is 2.45 bits per heavy atom. The van der Waals surface area contributed by atoms with Crippen molar-refractivity contribution in [1.29, 1.82) is 0 Å². The van der Waals surface area contributed by atoms with Crippen LogP contribution >= 0.6 is 0 Å². The van der Waals surface area contributed by atoms with E-state index in [1.165, 1.54) is 42.7 Å². The molecule has 0 aliphatic rings. The summed E-state index contributed by atoms with van der Waals surface area (Å²) < 4.78 is 55.4. The maximum absolute atomic E-state index is 14.5. The van der Waals surface area contributed by atoms with E-state index < -0.39 is 23.9 Å². The van der Waals surface area contributed by atoms with Gasteiger partial charge in [-0.05, 0) is 41.5 Å². The number of hydrogen-bond acceptors (Lipinski definition) is 4. The molecule has 0 radical (unpaired) electrons. The molecule has 5 nitrogen and oxygen atoms in total. The summed E-state index contributed by atoms with van der Waals surface area (Å²) in [5, 5.41) is 11.8. The minimum absolute atomic E-state index is 0. The van der Waals surface area contributed by atoms with Gasteiger partial charge in [0.25, 0.3) is 0 Å². The molecule has 0 spiro atoms. The number of aromatic nitrogens is 1. The number of nitrogens with zero attached hydrogens (tertiary/aromatic N) is 1. The van der Waals surface area contributed by atoms with Crippen LogP contribution in [0.15, 0.2) is 60.9 Å². The summed E-state index contributed by atoms with van der Waals surface area (Å²) in [6, 6.07) is 10.4. The van der Waals surface area contributed by atoms with Gasteiger partial charge in [0.05, 0.1) is 23.1 Å². The second kappa shape index (κ2) is 8.99. The van der Waals surface area contributed by atoms with E-state index in [2.05, 4.69) is 15.0 Å². The number of carboxylic acids is 1. The summed E-state index contributed by atoms with van der Waals surface area (Å²) in [6.07, 6.45) is -2.29. The second-order valence-corrected chi connectivity index (χ2v) is 5.62. The van der Waals surface area contributed by atoms with Crippen LogP contribution in [0, 0.1) is 5.82 Å². The zero-order valence-electron chi connectivity index (χ0n) is 16.0. The molecule has 0 aliphatic carbocycles. The molecule has 0 fully saturated rings. The Kier molecular flexibility index (Phi) is 6.90. The van der Waals surface area contributed by atoms with E-state index in [0.717, 1.165) is 18.2 Å². The van der Waals surface area contributed by atoms with Crippen LogP contribution < -0.4 is 28.9 Å². The molecule has 3 rings (SSSR count). The molecule has 0 atom stereocenters. The third-order valence-electron chi connectivity index (χ3n) is 3.69. The molecule has 2 N–H and O–H groups in total. The van der Waals surface area contributed by atoms with Crippen molar-refractivity contribution in [3.05, 3.63) is 72.3 Å². The van der Waals surface area contributed by atoms with Crippen molar-refractivity contribution in [2.45, 2.75) is 6.36 Å². The van der Waals surface area contributed by atoms with Crippen molar-refractivity contribution in [2.75, 3.05) is 5.32 Å². The van der Waals surface area contributed by atoms with Gasteiger partial charge in [0.15, 0.2) is 0 Å². The van der Waals surface area contributed by atoms with Gasteiger partial charge in [-0.15, -0.1) is 13.2 Å². The molecule has 29 heavy (non-hydrogen) atoms. The molecule has 0 amide bonds. The molecule has 146 valence electrons. The molecule has 1 aromatic heterocycles. The summed E-state index contributed by atoms with van der Waals surface area (Å²) in [6.45, 7) is 0. The smallest absolute Gasteiger partial charge is 1.00 e. The molecule has 0 saturated carbocycles. The molecule has 1 heterocycles. The van der Waals surface area contributed by atoms with E-state index in [4.69, 9.17) is 5.11 Å². The minimum atomic E-state index is -4.83. The van der Waals surface area contributed by atoms with Crippen LogP contribution in [-0.2, 0) is 0 Å². The van der Waals surface area contributed by atoms with Crippen molar-refractivity contribution in [3.8, 4) is 16.9 Å². The third kappa shape index (κ3) is 5.73. The molecule has 0 aliphatic heterocycles. The van der Waals surface area contributed by atoms with Crippen molar-refractivity contribution in [1.82, 2.24) is 4.98 Å². The predicted molar refractivity (Wildman–Crippen MR) is 94.1 cm³/mol. The van der Waals surface area contributed by atoms with Crippen molar-refractivity contribution >= 4 is 17.3 Å². The number of hydrogen-bond donors (Lipinski definition) is 2. The van der Waals surface area contributed by atoms with Crippen LogP contribution in [0.1, 0.15) is 11.8 Å². The number of ether oxygens (including phenoxy) is 1. The third-order valence-corrected chi connectivity index (χ3v) is 3.69. The van der Waals surface area contributed by atoms with Gasteiger partial charge < -0.3 is 16.6 Å². The summed E-state index contributed by atoms with van der Waals surface area (Å²) in [4.78, 5) is 15.0. The van der Waals surface area contributed by atoms with Crippen LogP contribution in [0.3, 0.4) is 0 Å². The fourth-order valence-corrected chi connectivity index (χ4v) is 2.49. The van der Waals surface area contributed by atoms with Gasteiger partial charge in [-0.1, -0.05) is 18.2 Å². The number of halogens is 4. The SMILES string of the molecule is O=C(O)c1ccncc1Nc1ccc(-c2cccc(OC(F)(F)F)c2)cc1F.[H-].[Li+]. The zero-order valence-corrected chi connectivity index (χ0v) is 15.0. The van der Waals surface area contributed by atoms with Gasteiger partial charge >= 0.3 is 31.2 Å².